The second-order valence-corrected chi connectivity index (χ2v) is 8.77. The van der Waals surface area contributed by atoms with Crippen molar-refractivity contribution in [2.45, 2.75) is 57.0 Å². The molecule has 2 rings (SSSR count). The van der Waals surface area contributed by atoms with Gasteiger partial charge in [-0.3, -0.25) is 9.59 Å². The van der Waals surface area contributed by atoms with Crippen molar-refractivity contribution in [2.75, 3.05) is 20.2 Å². The maximum Gasteiger partial charge on any atom is 0.251 e. The van der Waals surface area contributed by atoms with Crippen LogP contribution in [0.2, 0.25) is 0 Å². The minimum atomic E-state index is -3.81. The fraction of sp³-hybridized carbons (Fsp3) is 0.579. The van der Waals surface area contributed by atoms with E-state index in [1.54, 1.807) is 13.8 Å². The van der Waals surface area contributed by atoms with Crippen LogP contribution in [0, 0.1) is 0 Å². The van der Waals surface area contributed by atoms with Crippen LogP contribution in [0.25, 0.3) is 0 Å². The van der Waals surface area contributed by atoms with E-state index in [-0.39, 0.29) is 28.2 Å². The zero-order chi connectivity index (χ0) is 20.9. The van der Waals surface area contributed by atoms with E-state index in [9.17, 15) is 18.0 Å². The first-order valence-corrected chi connectivity index (χ1v) is 10.9. The van der Waals surface area contributed by atoms with E-state index in [0.29, 0.717) is 13.1 Å². The number of benzene rings is 1. The number of sulfonamides is 1. The van der Waals surface area contributed by atoms with Gasteiger partial charge >= 0.3 is 0 Å². The Morgan fingerprint density at radius 2 is 2.04 bits per heavy atom. The van der Waals surface area contributed by atoms with Crippen LogP contribution in [0.5, 0.6) is 5.75 Å². The number of ether oxygens (including phenoxy) is 1. The standard InChI is InChI=1S/C19H29N3O5S/c1-5-20-18(23)14(3)21-19(24)15-9-10-16(27-4)17(12-15)28(25,26)22-11-7-6-8-13(22)2/h9-10,12-14H,5-8,11H2,1-4H3,(H,20,23)(H,21,24)/t13-,14-/m0/s1. The topological polar surface area (TPSA) is 105 Å². The number of likely N-dealkylation sites (N-methyl/N-ethyl adjacent to an activating group) is 1. The minimum Gasteiger partial charge on any atom is -0.495 e. The zero-order valence-electron chi connectivity index (χ0n) is 16.8. The van der Waals surface area contributed by atoms with Crippen LogP contribution in [-0.2, 0) is 14.8 Å². The average Bonchev–Trinajstić information content (AvgIpc) is 2.67. The van der Waals surface area contributed by atoms with Crippen LogP contribution in [0.1, 0.15) is 50.4 Å². The van der Waals surface area contributed by atoms with Crippen LogP contribution in [0.4, 0.5) is 0 Å². The monoisotopic (exact) mass is 411 g/mol. The summed E-state index contributed by atoms with van der Waals surface area (Å²) in [6, 6.07) is 3.41. The van der Waals surface area contributed by atoms with Crippen LogP contribution in [0.3, 0.4) is 0 Å². The summed E-state index contributed by atoms with van der Waals surface area (Å²) in [5.74, 6) is -0.644. The maximum atomic E-state index is 13.2. The van der Waals surface area contributed by atoms with Gasteiger partial charge < -0.3 is 15.4 Å². The third kappa shape index (κ3) is 4.82. The van der Waals surface area contributed by atoms with Gasteiger partial charge in [0.1, 0.15) is 16.7 Å². The van der Waals surface area contributed by atoms with Gasteiger partial charge in [-0.25, -0.2) is 8.42 Å². The smallest absolute Gasteiger partial charge is 0.251 e. The van der Waals surface area contributed by atoms with Gasteiger partial charge in [-0.1, -0.05) is 6.42 Å². The number of piperidine rings is 1. The van der Waals surface area contributed by atoms with Crippen molar-refractivity contribution in [1.82, 2.24) is 14.9 Å². The molecule has 2 amide bonds. The molecule has 28 heavy (non-hydrogen) atoms. The van der Waals surface area contributed by atoms with Crippen LogP contribution < -0.4 is 15.4 Å². The molecule has 1 saturated heterocycles. The fourth-order valence-electron chi connectivity index (χ4n) is 3.25. The summed E-state index contributed by atoms with van der Waals surface area (Å²) in [7, 11) is -2.42. The Bertz CT molecular complexity index is 825. The van der Waals surface area contributed by atoms with Crippen molar-refractivity contribution in [3.8, 4) is 5.75 Å². The number of hydrogen-bond acceptors (Lipinski definition) is 5. The largest absolute Gasteiger partial charge is 0.495 e. The summed E-state index contributed by atoms with van der Waals surface area (Å²) in [4.78, 5) is 24.3. The van der Waals surface area contributed by atoms with Gasteiger partial charge in [-0.05, 0) is 51.8 Å². The Hall–Kier alpha value is -2.13. The predicted octanol–water partition coefficient (Wildman–Crippen LogP) is 1.51. The van der Waals surface area contributed by atoms with Crippen LogP contribution in [0.15, 0.2) is 23.1 Å². The molecule has 9 heteroatoms. The lowest BCUT2D eigenvalue weighted by atomic mass is 10.1. The molecule has 2 N–H and O–H groups in total. The maximum absolute atomic E-state index is 13.2. The normalized spacial score (nSPS) is 18.9. The molecule has 1 heterocycles. The summed E-state index contributed by atoms with van der Waals surface area (Å²) in [5, 5.41) is 5.21. The molecule has 156 valence electrons. The van der Waals surface area contributed by atoms with Gasteiger partial charge in [-0.2, -0.15) is 4.31 Å². The summed E-state index contributed by atoms with van der Waals surface area (Å²) in [5.41, 5.74) is 0.153. The highest BCUT2D eigenvalue weighted by molar-refractivity contribution is 7.89. The van der Waals surface area contributed by atoms with Crippen molar-refractivity contribution >= 4 is 21.8 Å². The first-order chi connectivity index (χ1) is 13.2. The van der Waals surface area contributed by atoms with E-state index in [1.165, 1.54) is 29.6 Å². The molecular formula is C19H29N3O5S. The highest BCUT2D eigenvalue weighted by Gasteiger charge is 2.33. The lowest BCUT2D eigenvalue weighted by Crippen LogP contribution is -2.44. The van der Waals surface area contributed by atoms with E-state index >= 15 is 0 Å². The number of carbonyl (C=O) groups excluding carboxylic acids is 2. The molecule has 0 aromatic heterocycles. The van der Waals surface area contributed by atoms with Crippen molar-refractivity contribution in [3.05, 3.63) is 23.8 Å². The van der Waals surface area contributed by atoms with Gasteiger partial charge in [0.15, 0.2) is 0 Å². The van der Waals surface area contributed by atoms with E-state index in [0.717, 1.165) is 19.3 Å². The minimum absolute atomic E-state index is 0.0398. The molecule has 1 aromatic carbocycles. The summed E-state index contributed by atoms with van der Waals surface area (Å²) in [6.45, 7) is 6.14. The third-order valence-electron chi connectivity index (χ3n) is 4.85. The quantitative estimate of drug-likeness (QED) is 0.708. The molecule has 1 fully saturated rings. The Morgan fingerprint density at radius 1 is 1.32 bits per heavy atom. The fourth-order valence-corrected chi connectivity index (χ4v) is 5.13. The van der Waals surface area contributed by atoms with Crippen molar-refractivity contribution in [3.63, 3.8) is 0 Å². The van der Waals surface area contributed by atoms with Crippen LogP contribution >= 0.6 is 0 Å². The number of carbonyl (C=O) groups is 2. The third-order valence-corrected chi connectivity index (χ3v) is 6.88. The highest BCUT2D eigenvalue weighted by atomic mass is 32.2. The number of methoxy groups -OCH3 is 1. The highest BCUT2D eigenvalue weighted by Crippen LogP contribution is 2.31. The molecule has 1 aliphatic heterocycles. The van der Waals surface area contributed by atoms with Crippen molar-refractivity contribution in [1.29, 1.82) is 0 Å². The van der Waals surface area contributed by atoms with E-state index in [1.807, 2.05) is 6.92 Å². The van der Waals surface area contributed by atoms with Gasteiger partial charge in [0, 0.05) is 24.7 Å². The van der Waals surface area contributed by atoms with Crippen LogP contribution in [-0.4, -0.2) is 56.8 Å². The first-order valence-electron chi connectivity index (χ1n) is 9.50. The van der Waals surface area contributed by atoms with Gasteiger partial charge in [0.2, 0.25) is 15.9 Å². The molecule has 0 aliphatic carbocycles. The van der Waals surface area contributed by atoms with Gasteiger partial charge in [0.05, 0.1) is 7.11 Å². The van der Waals surface area contributed by atoms with E-state index in [4.69, 9.17) is 4.74 Å². The van der Waals surface area contributed by atoms with E-state index < -0.39 is 22.0 Å². The summed E-state index contributed by atoms with van der Waals surface area (Å²) in [6.07, 6.45) is 2.59. The lowest BCUT2D eigenvalue weighted by molar-refractivity contribution is -0.122. The van der Waals surface area contributed by atoms with Crippen molar-refractivity contribution in [2.24, 2.45) is 0 Å². The molecule has 0 bridgehead atoms. The SMILES string of the molecule is CCNC(=O)[C@H](C)NC(=O)c1ccc(OC)c(S(=O)(=O)N2CCCC[C@@H]2C)c1. The Kier molecular flexibility index (Phi) is 7.42. The summed E-state index contributed by atoms with van der Waals surface area (Å²) >= 11 is 0. The molecule has 0 spiro atoms. The summed E-state index contributed by atoms with van der Waals surface area (Å²) < 4.78 is 33.1. The van der Waals surface area contributed by atoms with Gasteiger partial charge in [-0.15, -0.1) is 0 Å². The molecule has 1 aliphatic rings. The Morgan fingerprint density at radius 3 is 2.64 bits per heavy atom. The number of amides is 2. The molecular weight excluding hydrogens is 382 g/mol. The predicted molar refractivity (Wildman–Crippen MR) is 106 cm³/mol. The molecule has 8 nitrogen and oxygen atoms in total. The van der Waals surface area contributed by atoms with Crippen molar-refractivity contribution < 1.29 is 22.7 Å². The molecule has 2 atom stereocenters. The molecule has 0 saturated carbocycles. The number of hydrogen-bond donors (Lipinski definition) is 2. The average molecular weight is 412 g/mol. The van der Waals surface area contributed by atoms with E-state index in [2.05, 4.69) is 10.6 Å². The molecule has 0 radical (unpaired) electrons. The lowest BCUT2D eigenvalue weighted by Gasteiger charge is -2.32. The number of nitrogens with one attached hydrogen (secondary N) is 2. The second-order valence-electron chi connectivity index (χ2n) is 6.92. The number of nitrogens with zero attached hydrogens (tertiary/aromatic N) is 1. The second kappa shape index (κ2) is 9.38. The number of rotatable bonds is 7. The molecule has 0 unspecified atom stereocenters. The zero-order valence-corrected chi connectivity index (χ0v) is 17.6. The first kappa shape index (κ1) is 22.2. The Balaban J connectivity index is 2.33. The Labute approximate surface area is 166 Å². The van der Waals surface area contributed by atoms with Gasteiger partial charge in [0.25, 0.3) is 5.91 Å². The molecule has 1 aromatic rings.